The van der Waals surface area contributed by atoms with Crippen molar-refractivity contribution in [2.45, 2.75) is 81.5 Å². The minimum absolute atomic E-state index is 0.0295. The first-order valence-corrected chi connectivity index (χ1v) is 14.1. The van der Waals surface area contributed by atoms with Gasteiger partial charge in [-0.25, -0.2) is 0 Å². The summed E-state index contributed by atoms with van der Waals surface area (Å²) in [7, 11) is 0. The third-order valence-corrected chi connectivity index (χ3v) is 9.09. The van der Waals surface area contributed by atoms with Crippen molar-refractivity contribution in [3.63, 3.8) is 0 Å². The van der Waals surface area contributed by atoms with Crippen molar-refractivity contribution in [3.8, 4) is 0 Å². The third-order valence-electron chi connectivity index (χ3n) is 8.24. The maximum absolute atomic E-state index is 14.1. The molecule has 3 aliphatic heterocycles. The van der Waals surface area contributed by atoms with Crippen molar-refractivity contribution in [2.75, 3.05) is 18.5 Å². The van der Waals surface area contributed by atoms with Crippen LogP contribution in [0.3, 0.4) is 0 Å². The molecule has 3 saturated heterocycles. The van der Waals surface area contributed by atoms with E-state index >= 15 is 0 Å². The van der Waals surface area contributed by atoms with Crippen LogP contribution in [0, 0.1) is 17.8 Å². The van der Waals surface area contributed by atoms with Gasteiger partial charge in [0.05, 0.1) is 30.6 Å². The lowest BCUT2D eigenvalue weighted by Crippen LogP contribution is -2.59. The van der Waals surface area contributed by atoms with E-state index in [1.165, 1.54) is 0 Å². The molecule has 3 heterocycles. The van der Waals surface area contributed by atoms with E-state index in [-0.39, 0.29) is 35.1 Å². The van der Waals surface area contributed by atoms with Gasteiger partial charge in [-0.3, -0.25) is 14.4 Å². The summed E-state index contributed by atoms with van der Waals surface area (Å²) < 4.78 is 6.52. The summed E-state index contributed by atoms with van der Waals surface area (Å²) in [5.74, 6) is -2.40. The molecule has 1 aromatic carbocycles. The van der Waals surface area contributed by atoms with Crippen molar-refractivity contribution in [3.05, 3.63) is 30.3 Å². The van der Waals surface area contributed by atoms with E-state index in [0.717, 1.165) is 25.7 Å². The van der Waals surface area contributed by atoms with Crippen LogP contribution < -0.4 is 10.6 Å². The molecule has 0 aromatic heterocycles. The number of carbonyl (C=O) groups is 3. The standard InChI is InChI=1S/C27H38BrN3O5/c1-4-6-10-13-29-25(34)23-27-14-18(28)22(36-27)20(24(33)30-17-11-8-7-9-12-17)21(27)26(35)31(23)19(15-32)16(3)5-2/h7-9,11-12,16,18-23,32H,4-6,10,13-15H2,1-3H3,(H,29,34)(H,30,33)/t16-,18?,19-,20+,21-,22+,23?,27?/m0/s1. The largest absolute Gasteiger partial charge is 0.394 e. The quantitative estimate of drug-likeness (QED) is 0.283. The second kappa shape index (κ2) is 11.2. The minimum Gasteiger partial charge on any atom is -0.394 e. The Bertz CT molecular complexity index is 962. The number of unbranched alkanes of at least 4 members (excludes halogenated alkanes) is 2. The molecule has 0 radical (unpaired) electrons. The number of carbonyl (C=O) groups excluding carboxylic acids is 3. The van der Waals surface area contributed by atoms with Gasteiger partial charge in [-0.15, -0.1) is 0 Å². The fourth-order valence-corrected chi connectivity index (χ4v) is 7.21. The number of fused-ring (bicyclic) bond motifs is 1. The topological polar surface area (TPSA) is 108 Å². The smallest absolute Gasteiger partial charge is 0.245 e. The molecule has 36 heavy (non-hydrogen) atoms. The average Bonchev–Trinajstić information content (AvgIpc) is 3.46. The van der Waals surface area contributed by atoms with Crippen LogP contribution in [0.25, 0.3) is 0 Å². The highest BCUT2D eigenvalue weighted by atomic mass is 79.9. The number of ether oxygens (including phenoxy) is 1. The Labute approximate surface area is 221 Å². The van der Waals surface area contributed by atoms with E-state index in [2.05, 4.69) is 33.5 Å². The lowest BCUT2D eigenvalue weighted by Gasteiger charge is -2.38. The Morgan fingerprint density at radius 3 is 2.58 bits per heavy atom. The van der Waals surface area contributed by atoms with Crippen LogP contribution in [0.5, 0.6) is 0 Å². The summed E-state index contributed by atoms with van der Waals surface area (Å²) in [5, 5.41) is 16.3. The summed E-state index contributed by atoms with van der Waals surface area (Å²) in [6.07, 6.45) is 3.55. The molecule has 8 atom stereocenters. The zero-order valence-electron chi connectivity index (χ0n) is 21.3. The summed E-state index contributed by atoms with van der Waals surface area (Å²) in [5.41, 5.74) is -0.476. The molecule has 1 aromatic rings. The Morgan fingerprint density at radius 2 is 1.94 bits per heavy atom. The van der Waals surface area contributed by atoms with Crippen LogP contribution in [-0.2, 0) is 19.1 Å². The molecule has 0 saturated carbocycles. The van der Waals surface area contributed by atoms with Gasteiger partial charge < -0.3 is 25.4 Å². The summed E-state index contributed by atoms with van der Waals surface area (Å²) >= 11 is 3.69. The molecular weight excluding hydrogens is 526 g/mol. The number of hydrogen-bond donors (Lipinski definition) is 3. The molecule has 3 unspecified atom stereocenters. The molecule has 3 fully saturated rings. The van der Waals surface area contributed by atoms with Crippen molar-refractivity contribution in [1.82, 2.24) is 10.2 Å². The number of anilines is 1. The number of hydrogen-bond acceptors (Lipinski definition) is 5. The van der Waals surface area contributed by atoms with Gasteiger partial charge in [0, 0.05) is 17.1 Å². The Morgan fingerprint density at radius 1 is 1.22 bits per heavy atom. The molecule has 3 amide bonds. The van der Waals surface area contributed by atoms with E-state index in [0.29, 0.717) is 18.7 Å². The van der Waals surface area contributed by atoms with E-state index in [9.17, 15) is 19.5 Å². The minimum atomic E-state index is -1.12. The maximum Gasteiger partial charge on any atom is 0.245 e. The molecule has 0 aliphatic carbocycles. The monoisotopic (exact) mass is 563 g/mol. The van der Waals surface area contributed by atoms with Crippen molar-refractivity contribution in [2.24, 2.45) is 17.8 Å². The van der Waals surface area contributed by atoms with Crippen LogP contribution in [0.2, 0.25) is 0 Å². The number of nitrogens with zero attached hydrogens (tertiary/aromatic N) is 1. The van der Waals surface area contributed by atoms with Crippen LogP contribution in [0.4, 0.5) is 5.69 Å². The zero-order valence-corrected chi connectivity index (χ0v) is 22.9. The van der Waals surface area contributed by atoms with Gasteiger partial charge in [0.1, 0.15) is 11.6 Å². The number of amides is 3. The number of likely N-dealkylation sites (tertiary alicyclic amines) is 1. The molecular formula is C27H38BrN3O5. The van der Waals surface area contributed by atoms with Crippen LogP contribution in [0.15, 0.2) is 30.3 Å². The third kappa shape index (κ3) is 4.58. The van der Waals surface area contributed by atoms with Gasteiger partial charge in [0.2, 0.25) is 17.7 Å². The molecule has 3 N–H and O–H groups in total. The molecule has 3 aliphatic rings. The highest BCUT2D eigenvalue weighted by Crippen LogP contribution is 2.60. The van der Waals surface area contributed by atoms with Crippen LogP contribution in [0.1, 0.15) is 52.9 Å². The van der Waals surface area contributed by atoms with Crippen LogP contribution >= 0.6 is 15.9 Å². The van der Waals surface area contributed by atoms with Crippen molar-refractivity contribution >= 4 is 39.3 Å². The molecule has 4 rings (SSSR count). The van der Waals surface area contributed by atoms with Gasteiger partial charge in [-0.2, -0.15) is 0 Å². The van der Waals surface area contributed by atoms with Gasteiger partial charge >= 0.3 is 0 Å². The number of para-hydroxylation sites is 1. The Hall–Kier alpha value is -1.97. The number of alkyl halides is 1. The normalized spacial score (nSPS) is 32.3. The first kappa shape index (κ1) is 27.1. The van der Waals surface area contributed by atoms with Crippen molar-refractivity contribution < 1.29 is 24.2 Å². The van der Waals surface area contributed by atoms with Crippen molar-refractivity contribution in [1.29, 1.82) is 0 Å². The second-order valence-corrected chi connectivity index (χ2v) is 11.6. The Balaban J connectivity index is 1.70. The fraction of sp³-hybridized carbons (Fsp3) is 0.667. The molecule has 9 heteroatoms. The van der Waals surface area contributed by atoms with Crippen LogP contribution in [-0.4, -0.2) is 69.5 Å². The highest BCUT2D eigenvalue weighted by Gasteiger charge is 2.77. The fourth-order valence-electron chi connectivity index (χ4n) is 6.27. The number of aliphatic hydroxyl groups excluding tert-OH is 1. The lowest BCUT2D eigenvalue weighted by molar-refractivity contribution is -0.146. The maximum atomic E-state index is 14.1. The number of halogens is 1. The van der Waals surface area contributed by atoms with E-state index in [4.69, 9.17) is 4.74 Å². The van der Waals surface area contributed by atoms with E-state index < -0.39 is 35.6 Å². The van der Waals surface area contributed by atoms with Gasteiger partial charge in [0.25, 0.3) is 0 Å². The van der Waals surface area contributed by atoms with Gasteiger partial charge in [-0.05, 0) is 30.9 Å². The molecule has 8 nitrogen and oxygen atoms in total. The average molecular weight is 565 g/mol. The summed E-state index contributed by atoms with van der Waals surface area (Å²) in [6.45, 7) is 6.33. The van der Waals surface area contributed by atoms with E-state index in [1.807, 2.05) is 32.0 Å². The highest BCUT2D eigenvalue weighted by molar-refractivity contribution is 9.09. The molecule has 198 valence electrons. The summed E-state index contributed by atoms with van der Waals surface area (Å²) in [4.78, 5) is 42.8. The second-order valence-electron chi connectivity index (χ2n) is 10.4. The number of rotatable bonds is 11. The van der Waals surface area contributed by atoms with Gasteiger partial charge in [-0.1, -0.05) is 74.2 Å². The Kier molecular flexibility index (Phi) is 8.42. The number of benzene rings is 1. The lowest BCUT2D eigenvalue weighted by atomic mass is 9.70. The molecule has 1 spiro atoms. The predicted octanol–water partition coefficient (Wildman–Crippen LogP) is 3.09. The predicted molar refractivity (Wildman–Crippen MR) is 140 cm³/mol. The summed E-state index contributed by atoms with van der Waals surface area (Å²) in [6, 6.07) is 7.69. The first-order chi connectivity index (χ1) is 17.3. The number of aliphatic hydroxyl groups is 1. The number of nitrogens with one attached hydrogen (secondary N) is 2. The zero-order chi connectivity index (χ0) is 26.0. The molecule has 2 bridgehead atoms. The van der Waals surface area contributed by atoms with Gasteiger partial charge in [0.15, 0.2) is 0 Å². The SMILES string of the molecule is CCCCCNC(=O)C1N([C@@H](CO)[C@@H](C)CC)C(=O)[C@@H]2[C@@H](C(=O)Nc3ccccc3)[C@@H]3OC12CC3Br. The van der Waals surface area contributed by atoms with E-state index in [1.54, 1.807) is 17.0 Å². The first-order valence-electron chi connectivity index (χ1n) is 13.2.